The van der Waals surface area contributed by atoms with E-state index >= 15 is 0 Å². The van der Waals surface area contributed by atoms with Crippen LogP contribution in [0, 0.1) is 0 Å². The Balaban J connectivity index is 1.87. The van der Waals surface area contributed by atoms with E-state index in [4.69, 9.17) is 0 Å². The molecule has 1 unspecified atom stereocenters. The summed E-state index contributed by atoms with van der Waals surface area (Å²) in [5, 5.41) is 3.57. The first-order valence-corrected chi connectivity index (χ1v) is 6.94. The minimum Gasteiger partial charge on any atom is -0.351 e. The molecule has 2 nitrogen and oxygen atoms in total. The van der Waals surface area contributed by atoms with Gasteiger partial charge in [0.25, 0.3) is 5.91 Å². The van der Waals surface area contributed by atoms with Gasteiger partial charge in [-0.05, 0) is 36.8 Å². The number of benzene rings is 1. The van der Waals surface area contributed by atoms with Crippen molar-refractivity contribution in [1.82, 2.24) is 5.32 Å². The first-order valence-electron chi connectivity index (χ1n) is 5.44. The van der Waals surface area contributed by atoms with Crippen molar-refractivity contribution in [2.24, 2.45) is 0 Å². The molecule has 16 heavy (non-hydrogen) atoms. The molecule has 2 rings (SSSR count). The molecule has 0 aliphatic carbocycles. The van der Waals surface area contributed by atoms with Gasteiger partial charge in [0.1, 0.15) is 0 Å². The lowest BCUT2D eigenvalue weighted by Gasteiger charge is -2.10. The van der Waals surface area contributed by atoms with E-state index < -0.39 is 0 Å². The van der Waals surface area contributed by atoms with Crippen LogP contribution < -0.4 is 5.32 Å². The Bertz CT molecular complexity index is 375. The molecular formula is C12H15NOS2. The number of carbonyl (C=O) groups excluding carboxylic acids is 1. The zero-order valence-electron chi connectivity index (χ0n) is 8.98. The second kappa shape index (κ2) is 5.64. The van der Waals surface area contributed by atoms with Gasteiger partial charge in [-0.15, -0.1) is 12.6 Å². The predicted molar refractivity (Wildman–Crippen MR) is 71.5 cm³/mol. The van der Waals surface area contributed by atoms with Crippen molar-refractivity contribution in [2.75, 3.05) is 12.3 Å². The average molecular weight is 253 g/mol. The molecule has 0 saturated carbocycles. The van der Waals surface area contributed by atoms with Crippen LogP contribution >= 0.6 is 24.4 Å². The summed E-state index contributed by atoms with van der Waals surface area (Å²) in [7, 11) is 0. The Morgan fingerprint density at radius 3 is 3.12 bits per heavy atom. The summed E-state index contributed by atoms with van der Waals surface area (Å²) < 4.78 is 0. The van der Waals surface area contributed by atoms with Gasteiger partial charge < -0.3 is 5.32 Å². The molecule has 1 aromatic rings. The predicted octanol–water partition coefficient (Wildman–Crippen LogP) is 2.60. The molecule has 1 atom stereocenters. The fourth-order valence-electron chi connectivity index (χ4n) is 1.76. The summed E-state index contributed by atoms with van der Waals surface area (Å²) in [6, 6.07) is 7.32. The number of nitrogens with one attached hydrogen (secondary N) is 1. The molecule has 0 bridgehead atoms. The maximum absolute atomic E-state index is 11.8. The van der Waals surface area contributed by atoms with Gasteiger partial charge in [-0.25, -0.2) is 0 Å². The van der Waals surface area contributed by atoms with Gasteiger partial charge in [0.15, 0.2) is 0 Å². The molecule has 0 radical (unpaired) electrons. The molecule has 1 N–H and O–H groups in total. The Morgan fingerprint density at radius 1 is 1.56 bits per heavy atom. The third-order valence-corrected chi connectivity index (χ3v) is 4.30. The van der Waals surface area contributed by atoms with Crippen molar-refractivity contribution >= 4 is 30.3 Å². The quantitative estimate of drug-likeness (QED) is 0.811. The molecule has 1 aliphatic rings. The van der Waals surface area contributed by atoms with Crippen LogP contribution in [0.1, 0.15) is 23.2 Å². The lowest BCUT2D eigenvalue weighted by Crippen LogP contribution is -2.29. The Morgan fingerprint density at radius 2 is 2.44 bits per heavy atom. The molecule has 0 spiro atoms. The summed E-state index contributed by atoms with van der Waals surface area (Å²) >= 11 is 6.17. The smallest absolute Gasteiger partial charge is 0.251 e. The Labute approximate surface area is 106 Å². The van der Waals surface area contributed by atoms with Gasteiger partial charge >= 0.3 is 0 Å². The van der Waals surface area contributed by atoms with Gasteiger partial charge in [0.05, 0.1) is 0 Å². The third-order valence-electron chi connectivity index (χ3n) is 2.62. The van der Waals surface area contributed by atoms with E-state index in [9.17, 15) is 4.79 Å². The number of hydrogen-bond acceptors (Lipinski definition) is 3. The molecule has 1 saturated heterocycles. The lowest BCUT2D eigenvalue weighted by molar-refractivity contribution is 0.0953. The van der Waals surface area contributed by atoms with Gasteiger partial charge in [-0.1, -0.05) is 6.07 Å². The van der Waals surface area contributed by atoms with E-state index in [0.29, 0.717) is 10.8 Å². The van der Waals surface area contributed by atoms with E-state index in [1.54, 1.807) is 6.07 Å². The van der Waals surface area contributed by atoms with E-state index in [-0.39, 0.29) is 5.91 Å². The lowest BCUT2D eigenvalue weighted by atomic mass is 10.2. The average Bonchev–Trinajstić information content (AvgIpc) is 2.78. The zero-order chi connectivity index (χ0) is 11.4. The topological polar surface area (TPSA) is 29.1 Å². The minimum atomic E-state index is 0.00315. The van der Waals surface area contributed by atoms with Gasteiger partial charge in [0.2, 0.25) is 0 Å². The third kappa shape index (κ3) is 3.19. The van der Waals surface area contributed by atoms with E-state index in [1.165, 1.54) is 18.6 Å². The highest BCUT2D eigenvalue weighted by Gasteiger charge is 2.16. The monoisotopic (exact) mass is 253 g/mol. The van der Waals surface area contributed by atoms with E-state index in [1.807, 2.05) is 30.0 Å². The molecule has 86 valence electrons. The highest BCUT2D eigenvalue weighted by atomic mass is 32.2. The second-order valence-corrected chi connectivity index (χ2v) is 5.82. The first-order chi connectivity index (χ1) is 7.75. The summed E-state index contributed by atoms with van der Waals surface area (Å²) in [6.45, 7) is 0.778. The molecule has 1 amide bonds. The highest BCUT2D eigenvalue weighted by Crippen LogP contribution is 2.25. The van der Waals surface area contributed by atoms with Crippen LogP contribution in [0.2, 0.25) is 0 Å². The zero-order valence-corrected chi connectivity index (χ0v) is 10.7. The minimum absolute atomic E-state index is 0.00315. The first kappa shape index (κ1) is 11.9. The second-order valence-electron chi connectivity index (χ2n) is 3.90. The molecule has 1 fully saturated rings. The fraction of sp³-hybridized carbons (Fsp3) is 0.417. The summed E-state index contributed by atoms with van der Waals surface area (Å²) in [4.78, 5) is 12.6. The molecule has 1 heterocycles. The van der Waals surface area contributed by atoms with E-state index in [0.717, 1.165) is 11.4 Å². The largest absolute Gasteiger partial charge is 0.351 e. The van der Waals surface area contributed by atoms with Crippen molar-refractivity contribution in [3.8, 4) is 0 Å². The van der Waals surface area contributed by atoms with Gasteiger partial charge in [-0.2, -0.15) is 11.8 Å². The molecular weight excluding hydrogens is 238 g/mol. The van der Waals surface area contributed by atoms with Gasteiger partial charge in [0, 0.05) is 22.3 Å². The number of amides is 1. The number of carbonyl (C=O) groups is 1. The molecule has 1 aromatic carbocycles. The summed E-state index contributed by atoms with van der Waals surface area (Å²) in [5.41, 5.74) is 0.690. The number of hydrogen-bond donors (Lipinski definition) is 2. The van der Waals surface area contributed by atoms with Crippen LogP contribution in [0.5, 0.6) is 0 Å². The van der Waals surface area contributed by atoms with Crippen LogP contribution in [0.25, 0.3) is 0 Å². The normalized spacial score (nSPS) is 19.7. The van der Waals surface area contributed by atoms with Crippen molar-refractivity contribution in [1.29, 1.82) is 0 Å². The summed E-state index contributed by atoms with van der Waals surface area (Å²) in [6.07, 6.45) is 2.49. The standard InChI is InChI=1S/C12H15NOS2/c14-12(9-3-1-4-10(15)7-9)13-8-11-5-2-6-16-11/h1,3-4,7,11,15H,2,5-6,8H2,(H,13,14). The maximum Gasteiger partial charge on any atom is 0.251 e. The number of thioether (sulfide) groups is 1. The van der Waals surface area contributed by atoms with Crippen LogP contribution in [-0.4, -0.2) is 23.5 Å². The number of thiol groups is 1. The van der Waals surface area contributed by atoms with Crippen LogP contribution in [0.3, 0.4) is 0 Å². The highest BCUT2D eigenvalue weighted by molar-refractivity contribution is 8.00. The van der Waals surface area contributed by atoms with Crippen molar-refractivity contribution in [3.05, 3.63) is 29.8 Å². The molecule has 0 aromatic heterocycles. The number of rotatable bonds is 3. The van der Waals surface area contributed by atoms with Crippen molar-refractivity contribution < 1.29 is 4.79 Å². The van der Waals surface area contributed by atoms with Crippen LogP contribution in [-0.2, 0) is 0 Å². The molecule has 1 aliphatic heterocycles. The van der Waals surface area contributed by atoms with Crippen LogP contribution in [0.15, 0.2) is 29.2 Å². The van der Waals surface area contributed by atoms with Gasteiger partial charge in [-0.3, -0.25) is 4.79 Å². The van der Waals surface area contributed by atoms with Crippen molar-refractivity contribution in [3.63, 3.8) is 0 Å². The molecule has 4 heteroatoms. The Hall–Kier alpha value is -0.610. The van der Waals surface area contributed by atoms with E-state index in [2.05, 4.69) is 17.9 Å². The van der Waals surface area contributed by atoms with Crippen molar-refractivity contribution in [2.45, 2.75) is 23.0 Å². The Kier molecular flexibility index (Phi) is 4.18. The SMILES string of the molecule is O=C(NCC1CCCS1)c1cccc(S)c1. The fourth-order valence-corrected chi connectivity index (χ4v) is 3.19. The van der Waals surface area contributed by atoms with Crippen LogP contribution in [0.4, 0.5) is 0 Å². The summed E-state index contributed by atoms with van der Waals surface area (Å²) in [5.74, 6) is 1.23. The maximum atomic E-state index is 11.8.